The molecule has 0 heterocycles. The third-order valence-electron chi connectivity index (χ3n) is 4.91. The molecule has 30 heavy (non-hydrogen) atoms. The van der Waals surface area contributed by atoms with Crippen LogP contribution in [-0.2, 0) is 6.42 Å². The van der Waals surface area contributed by atoms with Crippen molar-refractivity contribution in [3.8, 4) is 17.2 Å². The van der Waals surface area contributed by atoms with E-state index < -0.39 is 0 Å². The highest BCUT2D eigenvalue weighted by Gasteiger charge is 2.19. The Morgan fingerprint density at radius 2 is 1.50 bits per heavy atom. The largest absolute Gasteiger partial charge is 0.497 e. The molecular weight excluding hydrogens is 376 g/mol. The molecule has 0 aliphatic rings. The van der Waals surface area contributed by atoms with Crippen LogP contribution in [0.25, 0.3) is 0 Å². The van der Waals surface area contributed by atoms with Crippen molar-refractivity contribution < 1.29 is 14.3 Å². The Bertz CT molecular complexity index is 925. The van der Waals surface area contributed by atoms with Crippen LogP contribution < -0.4 is 14.8 Å². The summed E-state index contributed by atoms with van der Waals surface area (Å²) in [6.45, 7) is 4.67. The Balaban J connectivity index is 1.58. The van der Waals surface area contributed by atoms with Crippen molar-refractivity contribution >= 4 is 11.7 Å². The molecule has 0 spiro atoms. The van der Waals surface area contributed by atoms with E-state index in [0.29, 0.717) is 6.54 Å². The smallest absolute Gasteiger partial charge is 0.322 e. The summed E-state index contributed by atoms with van der Waals surface area (Å²) in [6, 6.07) is 24.9. The lowest BCUT2D eigenvalue weighted by Gasteiger charge is -2.28. The fourth-order valence-corrected chi connectivity index (χ4v) is 3.29. The van der Waals surface area contributed by atoms with Gasteiger partial charge in [-0.2, -0.15) is 0 Å². The first-order chi connectivity index (χ1) is 14.6. The van der Waals surface area contributed by atoms with Gasteiger partial charge in [-0.1, -0.05) is 30.3 Å². The molecule has 1 atom stereocenters. The molecule has 0 fully saturated rings. The van der Waals surface area contributed by atoms with Gasteiger partial charge in [0.15, 0.2) is 0 Å². The molecule has 5 nitrogen and oxygen atoms in total. The molecule has 5 heteroatoms. The van der Waals surface area contributed by atoms with Crippen LogP contribution in [0.3, 0.4) is 0 Å². The minimum atomic E-state index is -0.116. The monoisotopic (exact) mass is 404 g/mol. The molecule has 3 aromatic carbocycles. The summed E-state index contributed by atoms with van der Waals surface area (Å²) in [4.78, 5) is 14.6. The normalized spacial score (nSPS) is 11.4. The van der Waals surface area contributed by atoms with Crippen LogP contribution in [0, 0.1) is 0 Å². The first-order valence-corrected chi connectivity index (χ1v) is 10.1. The van der Waals surface area contributed by atoms with Crippen LogP contribution in [-0.4, -0.2) is 30.6 Å². The van der Waals surface area contributed by atoms with Crippen LogP contribution >= 0.6 is 0 Å². The van der Waals surface area contributed by atoms with Crippen molar-refractivity contribution in [1.29, 1.82) is 0 Å². The third-order valence-corrected chi connectivity index (χ3v) is 4.91. The number of nitrogens with one attached hydrogen (secondary N) is 1. The van der Waals surface area contributed by atoms with Gasteiger partial charge in [-0.3, -0.25) is 0 Å². The Kier molecular flexibility index (Phi) is 7.33. The van der Waals surface area contributed by atoms with Gasteiger partial charge in [0.2, 0.25) is 0 Å². The number of likely N-dealkylation sites (N-methyl/N-ethyl adjacent to an activating group) is 1. The van der Waals surface area contributed by atoms with Gasteiger partial charge in [0.1, 0.15) is 17.2 Å². The maximum atomic E-state index is 12.8. The van der Waals surface area contributed by atoms with Crippen molar-refractivity contribution in [2.75, 3.05) is 19.0 Å². The Labute approximate surface area is 178 Å². The zero-order valence-electron chi connectivity index (χ0n) is 17.7. The maximum absolute atomic E-state index is 12.8. The Morgan fingerprint density at radius 1 is 0.900 bits per heavy atom. The number of ether oxygens (including phenoxy) is 2. The number of rotatable bonds is 8. The van der Waals surface area contributed by atoms with E-state index in [1.807, 2.05) is 90.7 Å². The molecule has 0 aliphatic carbocycles. The fourth-order valence-electron chi connectivity index (χ4n) is 3.29. The molecule has 1 N–H and O–H groups in total. The van der Waals surface area contributed by atoms with Crippen molar-refractivity contribution in [2.45, 2.75) is 26.3 Å². The summed E-state index contributed by atoms with van der Waals surface area (Å²) in [6.07, 6.45) is 0.773. The second kappa shape index (κ2) is 10.3. The number of urea groups is 1. The lowest BCUT2D eigenvalue weighted by molar-refractivity contribution is 0.196. The molecule has 0 aromatic heterocycles. The Morgan fingerprint density at radius 3 is 2.10 bits per heavy atom. The van der Waals surface area contributed by atoms with Gasteiger partial charge >= 0.3 is 6.03 Å². The molecule has 156 valence electrons. The number of benzene rings is 3. The minimum absolute atomic E-state index is 0.0593. The number of carbonyl (C=O) groups is 1. The molecule has 0 saturated carbocycles. The van der Waals surface area contributed by atoms with Crippen LogP contribution in [0.15, 0.2) is 78.9 Å². The average Bonchev–Trinajstić information content (AvgIpc) is 2.77. The lowest BCUT2D eigenvalue weighted by Crippen LogP contribution is -2.42. The van der Waals surface area contributed by atoms with Gasteiger partial charge in [0.05, 0.1) is 7.11 Å². The van der Waals surface area contributed by atoms with E-state index in [4.69, 9.17) is 9.47 Å². The number of anilines is 1. The summed E-state index contributed by atoms with van der Waals surface area (Å²) in [7, 11) is 1.65. The zero-order valence-corrected chi connectivity index (χ0v) is 17.7. The highest BCUT2D eigenvalue weighted by molar-refractivity contribution is 5.89. The fraction of sp³-hybridized carbons (Fsp3) is 0.240. The molecule has 3 rings (SSSR count). The summed E-state index contributed by atoms with van der Waals surface area (Å²) in [5.41, 5.74) is 1.90. The molecule has 0 radical (unpaired) electrons. The lowest BCUT2D eigenvalue weighted by atomic mass is 10.1. The van der Waals surface area contributed by atoms with Gasteiger partial charge in [0, 0.05) is 18.3 Å². The number of hydrogen-bond acceptors (Lipinski definition) is 3. The number of nitrogens with zero attached hydrogens (tertiary/aromatic N) is 1. The van der Waals surface area contributed by atoms with Crippen molar-refractivity contribution in [3.05, 3.63) is 84.4 Å². The summed E-state index contributed by atoms with van der Waals surface area (Å²) < 4.78 is 11.0. The number of para-hydroxylation sites is 1. The van der Waals surface area contributed by atoms with Crippen LogP contribution in [0.2, 0.25) is 0 Å². The van der Waals surface area contributed by atoms with E-state index in [0.717, 1.165) is 34.9 Å². The molecule has 0 aliphatic heterocycles. The quantitative estimate of drug-likeness (QED) is 0.503. The summed E-state index contributed by atoms with van der Waals surface area (Å²) in [5, 5.41) is 2.98. The van der Waals surface area contributed by atoms with Gasteiger partial charge in [-0.25, -0.2) is 4.79 Å². The maximum Gasteiger partial charge on any atom is 0.322 e. The van der Waals surface area contributed by atoms with E-state index in [9.17, 15) is 4.79 Å². The summed E-state index contributed by atoms with van der Waals surface area (Å²) in [5.74, 6) is 2.33. The van der Waals surface area contributed by atoms with Gasteiger partial charge < -0.3 is 19.7 Å². The summed E-state index contributed by atoms with van der Waals surface area (Å²) >= 11 is 0. The van der Waals surface area contributed by atoms with E-state index >= 15 is 0 Å². The Hall–Kier alpha value is -3.47. The standard InChI is InChI=1S/C25H28N2O3/c1-4-27(19(2)18-20-10-14-22(29-3)15-11-20)25(28)26-21-12-16-24(17-13-21)30-23-8-6-5-7-9-23/h5-17,19H,4,18H2,1-3H3,(H,26,28). The number of hydrogen-bond donors (Lipinski definition) is 1. The predicted molar refractivity (Wildman–Crippen MR) is 121 cm³/mol. The van der Waals surface area contributed by atoms with E-state index in [-0.39, 0.29) is 12.1 Å². The molecule has 0 bridgehead atoms. The highest BCUT2D eigenvalue weighted by atomic mass is 16.5. The SMILES string of the molecule is CCN(C(=O)Nc1ccc(Oc2ccccc2)cc1)C(C)Cc1ccc(OC)cc1. The molecule has 2 amide bonds. The van der Waals surface area contributed by atoms with Crippen molar-refractivity contribution in [3.63, 3.8) is 0 Å². The third kappa shape index (κ3) is 5.77. The van der Waals surface area contributed by atoms with E-state index in [1.54, 1.807) is 7.11 Å². The van der Waals surface area contributed by atoms with Crippen LogP contribution in [0.4, 0.5) is 10.5 Å². The molecular formula is C25H28N2O3. The van der Waals surface area contributed by atoms with Gasteiger partial charge in [-0.05, 0) is 74.4 Å². The predicted octanol–water partition coefficient (Wildman–Crippen LogP) is 5.97. The average molecular weight is 405 g/mol. The molecule has 0 saturated heterocycles. The van der Waals surface area contributed by atoms with Crippen LogP contribution in [0.5, 0.6) is 17.2 Å². The number of methoxy groups -OCH3 is 1. The topological polar surface area (TPSA) is 50.8 Å². The second-order valence-electron chi connectivity index (χ2n) is 7.06. The minimum Gasteiger partial charge on any atom is -0.497 e. The zero-order chi connectivity index (χ0) is 21.3. The van der Waals surface area contributed by atoms with Crippen molar-refractivity contribution in [1.82, 2.24) is 4.90 Å². The van der Waals surface area contributed by atoms with Crippen LogP contribution in [0.1, 0.15) is 19.4 Å². The highest BCUT2D eigenvalue weighted by Crippen LogP contribution is 2.23. The second-order valence-corrected chi connectivity index (χ2v) is 7.06. The number of amides is 2. The molecule has 3 aromatic rings. The molecule has 1 unspecified atom stereocenters. The van der Waals surface area contributed by atoms with E-state index in [1.165, 1.54) is 0 Å². The van der Waals surface area contributed by atoms with E-state index in [2.05, 4.69) is 12.2 Å². The van der Waals surface area contributed by atoms with Crippen molar-refractivity contribution in [2.24, 2.45) is 0 Å². The van der Waals surface area contributed by atoms with Gasteiger partial charge in [-0.15, -0.1) is 0 Å². The first-order valence-electron chi connectivity index (χ1n) is 10.1. The number of carbonyl (C=O) groups excluding carboxylic acids is 1. The first kappa shape index (κ1) is 21.2. The van der Waals surface area contributed by atoms with Gasteiger partial charge in [0.25, 0.3) is 0 Å².